The van der Waals surface area contributed by atoms with Crippen molar-refractivity contribution in [2.24, 2.45) is 0 Å². The fraction of sp³-hybridized carbons (Fsp3) is 0.565. The van der Waals surface area contributed by atoms with Gasteiger partial charge >= 0.3 is 0 Å². The molecule has 0 heteroatoms. The Kier molecular flexibility index (Phi) is 7.32. The summed E-state index contributed by atoms with van der Waals surface area (Å²) in [6.45, 7) is 20.5. The van der Waals surface area contributed by atoms with Crippen molar-refractivity contribution in [2.75, 3.05) is 0 Å². The molecule has 0 aliphatic carbocycles. The summed E-state index contributed by atoms with van der Waals surface area (Å²) in [5, 5.41) is 2.52. The highest BCUT2D eigenvalue weighted by Gasteiger charge is 2.23. The molecule has 1 atom stereocenters. The van der Waals surface area contributed by atoms with Gasteiger partial charge in [0.1, 0.15) is 0 Å². The van der Waals surface area contributed by atoms with Crippen LogP contribution in [0, 0.1) is 0 Å². The van der Waals surface area contributed by atoms with E-state index in [1.165, 1.54) is 40.0 Å². The van der Waals surface area contributed by atoms with Crippen molar-refractivity contribution in [3.63, 3.8) is 0 Å². The molecule has 0 aliphatic rings. The van der Waals surface area contributed by atoms with Crippen LogP contribution in [-0.2, 0) is 5.41 Å². The second kappa shape index (κ2) is 8.52. The Labute approximate surface area is 144 Å². The smallest absolute Gasteiger partial charge is 0.000101 e. The molecule has 1 aromatic carbocycles. The lowest BCUT2D eigenvalue weighted by Gasteiger charge is -2.29. The third kappa shape index (κ3) is 4.83. The van der Waals surface area contributed by atoms with Crippen LogP contribution in [0.3, 0.4) is 0 Å². The highest BCUT2D eigenvalue weighted by Crippen LogP contribution is 2.32. The zero-order chi connectivity index (χ0) is 17.6. The second-order valence-electron chi connectivity index (χ2n) is 7.50. The fourth-order valence-electron chi connectivity index (χ4n) is 3.38. The second-order valence-corrected chi connectivity index (χ2v) is 7.50. The summed E-state index contributed by atoms with van der Waals surface area (Å²) in [5.41, 5.74) is 4.58. The van der Waals surface area contributed by atoms with Crippen molar-refractivity contribution in [3.8, 4) is 0 Å². The molecule has 0 bridgehead atoms. The first kappa shape index (κ1) is 19.7. The number of rotatable bonds is 7. The lowest BCUT2D eigenvalue weighted by Crippen LogP contribution is -2.33. The zero-order valence-electron chi connectivity index (χ0n) is 16.4. The van der Waals surface area contributed by atoms with Crippen LogP contribution in [0.15, 0.2) is 23.8 Å². The molecular weight excluding hydrogens is 276 g/mol. The average Bonchev–Trinajstić information content (AvgIpc) is 2.49. The molecular formula is C23H36. The Hall–Kier alpha value is -1.30. The first-order valence-electron chi connectivity index (χ1n) is 9.28. The van der Waals surface area contributed by atoms with Crippen molar-refractivity contribution in [1.82, 2.24) is 0 Å². The normalized spacial score (nSPS) is 15.1. The van der Waals surface area contributed by atoms with Crippen LogP contribution >= 0.6 is 0 Å². The van der Waals surface area contributed by atoms with E-state index in [1.54, 1.807) is 0 Å². The molecule has 0 aliphatic heterocycles. The maximum Gasteiger partial charge on any atom is 0.000101 e. The van der Waals surface area contributed by atoms with Crippen LogP contribution < -0.4 is 10.4 Å². The molecule has 0 nitrogen and oxygen atoms in total. The average molecular weight is 313 g/mol. The van der Waals surface area contributed by atoms with E-state index in [0.717, 1.165) is 12.8 Å². The van der Waals surface area contributed by atoms with Crippen molar-refractivity contribution in [1.29, 1.82) is 0 Å². The molecule has 1 aromatic rings. The maximum atomic E-state index is 4.46. The monoisotopic (exact) mass is 312 g/mol. The zero-order valence-corrected chi connectivity index (χ0v) is 16.4. The Morgan fingerprint density at radius 3 is 2.39 bits per heavy atom. The quantitative estimate of drug-likeness (QED) is 0.556. The third-order valence-electron chi connectivity index (χ3n) is 5.06. The topological polar surface area (TPSA) is 0 Å². The van der Waals surface area contributed by atoms with E-state index in [1.807, 2.05) is 0 Å². The first-order valence-corrected chi connectivity index (χ1v) is 9.28. The standard InChI is InChI=1S/C23H36/c1-9-12-17(4)16-18(5)22-19(6)20(13-10-2)14-15-21(22)23(7,8)11-3/h13-16,18H,6,9-12H2,1-5,7-8H3. The summed E-state index contributed by atoms with van der Waals surface area (Å²) in [6.07, 6.45) is 9.33. The lowest BCUT2D eigenvalue weighted by atomic mass is 9.76. The van der Waals surface area contributed by atoms with Gasteiger partial charge in [-0.3, -0.25) is 0 Å². The molecule has 1 rings (SSSR count). The van der Waals surface area contributed by atoms with Crippen molar-refractivity contribution in [3.05, 3.63) is 45.3 Å². The first-order chi connectivity index (χ1) is 10.8. The predicted molar refractivity (Wildman–Crippen MR) is 106 cm³/mol. The van der Waals surface area contributed by atoms with E-state index < -0.39 is 0 Å². The SMILES string of the molecule is C=c1c(C(C)C=C(C)CCC)c(C(C)(C)CC)ccc1=CCC. The molecule has 128 valence electrons. The van der Waals surface area contributed by atoms with Gasteiger partial charge in [0, 0.05) is 5.92 Å². The van der Waals surface area contributed by atoms with E-state index in [-0.39, 0.29) is 5.41 Å². The lowest BCUT2D eigenvalue weighted by molar-refractivity contribution is 0.499. The molecule has 0 spiro atoms. The fourth-order valence-corrected chi connectivity index (χ4v) is 3.38. The van der Waals surface area contributed by atoms with Crippen molar-refractivity contribution < 1.29 is 0 Å². The molecule has 0 amide bonds. The molecule has 0 saturated heterocycles. The Bertz CT molecular complexity index is 643. The highest BCUT2D eigenvalue weighted by atomic mass is 14.3. The Morgan fingerprint density at radius 1 is 1.22 bits per heavy atom. The minimum Gasteiger partial charge on any atom is -0.0909 e. The number of allylic oxidation sites excluding steroid dienone is 2. The molecule has 0 heterocycles. The van der Waals surface area contributed by atoms with Crippen molar-refractivity contribution >= 4 is 12.7 Å². The Morgan fingerprint density at radius 2 is 1.87 bits per heavy atom. The minimum atomic E-state index is 0.188. The van der Waals surface area contributed by atoms with E-state index in [2.05, 4.69) is 79.3 Å². The van der Waals surface area contributed by atoms with Crippen molar-refractivity contribution in [2.45, 2.75) is 85.5 Å². The van der Waals surface area contributed by atoms with Gasteiger partial charge in [0.25, 0.3) is 0 Å². The molecule has 0 fully saturated rings. The van der Waals surface area contributed by atoms with Crippen LogP contribution in [0.1, 0.15) is 91.2 Å². The molecule has 0 aromatic heterocycles. The summed E-state index contributed by atoms with van der Waals surface area (Å²) in [7, 11) is 0. The van der Waals surface area contributed by atoms with Gasteiger partial charge in [0.15, 0.2) is 0 Å². The van der Waals surface area contributed by atoms with Crippen LogP contribution in [0.25, 0.3) is 12.7 Å². The molecule has 0 saturated carbocycles. The number of hydrogen-bond donors (Lipinski definition) is 0. The summed E-state index contributed by atoms with van der Waals surface area (Å²) in [4.78, 5) is 0. The van der Waals surface area contributed by atoms with Gasteiger partial charge in [-0.05, 0) is 53.2 Å². The van der Waals surface area contributed by atoms with Crippen LogP contribution in [0.4, 0.5) is 0 Å². The predicted octanol–water partition coefficient (Wildman–Crippen LogP) is 5.82. The molecule has 1 unspecified atom stereocenters. The summed E-state index contributed by atoms with van der Waals surface area (Å²) < 4.78 is 0. The van der Waals surface area contributed by atoms with Gasteiger partial charge in [-0.2, -0.15) is 0 Å². The van der Waals surface area contributed by atoms with Gasteiger partial charge in [-0.1, -0.05) is 84.4 Å². The van der Waals surface area contributed by atoms with Gasteiger partial charge < -0.3 is 0 Å². The highest BCUT2D eigenvalue weighted by molar-refractivity contribution is 5.43. The molecule has 0 N–H and O–H groups in total. The van der Waals surface area contributed by atoms with Crippen LogP contribution in [0.2, 0.25) is 0 Å². The van der Waals surface area contributed by atoms with E-state index >= 15 is 0 Å². The largest absolute Gasteiger partial charge is 0.0909 e. The Balaban J connectivity index is 3.58. The minimum absolute atomic E-state index is 0.188. The maximum absolute atomic E-state index is 4.46. The van der Waals surface area contributed by atoms with Crippen LogP contribution in [-0.4, -0.2) is 0 Å². The summed E-state index contributed by atoms with van der Waals surface area (Å²) >= 11 is 0. The van der Waals surface area contributed by atoms with Gasteiger partial charge in [0.05, 0.1) is 0 Å². The molecule has 0 radical (unpaired) electrons. The molecule has 23 heavy (non-hydrogen) atoms. The summed E-state index contributed by atoms with van der Waals surface area (Å²) in [6, 6.07) is 4.60. The number of hydrogen-bond acceptors (Lipinski definition) is 0. The van der Waals surface area contributed by atoms with E-state index in [9.17, 15) is 0 Å². The van der Waals surface area contributed by atoms with Gasteiger partial charge in [0.2, 0.25) is 0 Å². The van der Waals surface area contributed by atoms with Gasteiger partial charge in [-0.15, -0.1) is 0 Å². The van der Waals surface area contributed by atoms with Gasteiger partial charge in [-0.25, -0.2) is 0 Å². The summed E-state index contributed by atoms with van der Waals surface area (Å²) in [5.74, 6) is 0.417. The van der Waals surface area contributed by atoms with E-state index in [0.29, 0.717) is 5.92 Å². The van der Waals surface area contributed by atoms with Crippen LogP contribution in [0.5, 0.6) is 0 Å². The number of benzene rings is 1. The van der Waals surface area contributed by atoms with E-state index in [4.69, 9.17) is 0 Å². The third-order valence-corrected chi connectivity index (χ3v) is 5.06.